The molecule has 0 aliphatic carbocycles. The fourth-order valence-corrected chi connectivity index (χ4v) is 4.22. The van der Waals surface area contributed by atoms with Crippen LogP contribution in [0.2, 0.25) is 28.2 Å². The van der Waals surface area contributed by atoms with Gasteiger partial charge < -0.3 is 14.3 Å². The maximum Gasteiger partial charge on any atom is 0.410 e. The van der Waals surface area contributed by atoms with Crippen LogP contribution in [0.1, 0.15) is 53.2 Å². The van der Waals surface area contributed by atoms with Crippen molar-refractivity contribution in [2.24, 2.45) is 0 Å². The van der Waals surface area contributed by atoms with E-state index in [0.717, 1.165) is 4.90 Å². The number of amides is 1. The van der Waals surface area contributed by atoms with Gasteiger partial charge in [0.05, 0.1) is 12.6 Å². The molecule has 0 heterocycles. The number of halogens is 2. The van der Waals surface area contributed by atoms with E-state index in [4.69, 9.17) is 32.4 Å². The maximum absolute atomic E-state index is 12.7. The van der Waals surface area contributed by atoms with Crippen molar-refractivity contribution in [3.63, 3.8) is 0 Å². The minimum Gasteiger partial charge on any atom is -0.480 e. The van der Waals surface area contributed by atoms with Gasteiger partial charge in [0.15, 0.2) is 8.32 Å². The Labute approximate surface area is 190 Å². The third-order valence-electron chi connectivity index (χ3n) is 4.86. The molecule has 0 aromatic heterocycles. The summed E-state index contributed by atoms with van der Waals surface area (Å²) >= 11 is 12.4. The number of carboxylic acids is 1. The molecule has 170 valence electrons. The van der Waals surface area contributed by atoms with Gasteiger partial charge in [-0.05, 0) is 62.7 Å². The first-order valence-electron chi connectivity index (χ1n) is 9.75. The van der Waals surface area contributed by atoms with Crippen LogP contribution in [0.25, 0.3) is 0 Å². The van der Waals surface area contributed by atoms with E-state index in [1.807, 2.05) is 0 Å². The van der Waals surface area contributed by atoms with E-state index >= 15 is 0 Å². The zero-order chi connectivity index (χ0) is 23.5. The first kappa shape index (κ1) is 26.8. The topological polar surface area (TPSA) is 76.1 Å². The van der Waals surface area contributed by atoms with Gasteiger partial charge in [0.25, 0.3) is 0 Å². The summed E-state index contributed by atoms with van der Waals surface area (Å²) in [5.74, 6) is -1.14. The zero-order valence-electron chi connectivity index (χ0n) is 19.0. The molecule has 1 atom stereocenters. The van der Waals surface area contributed by atoms with Crippen LogP contribution < -0.4 is 0 Å². The molecule has 0 saturated heterocycles. The Balaban J connectivity index is 3.36. The van der Waals surface area contributed by atoms with Crippen molar-refractivity contribution >= 4 is 43.6 Å². The van der Waals surface area contributed by atoms with E-state index in [1.54, 1.807) is 39.0 Å². The lowest BCUT2D eigenvalue weighted by Crippen LogP contribution is -2.46. The fourth-order valence-electron chi connectivity index (χ4n) is 2.40. The molecule has 1 amide bonds. The smallest absolute Gasteiger partial charge is 0.410 e. The Bertz CT molecular complexity index is 751. The molecule has 1 aromatic rings. The Morgan fingerprint density at radius 3 is 1.97 bits per heavy atom. The summed E-state index contributed by atoms with van der Waals surface area (Å²) in [6.45, 7) is 15.1. The van der Waals surface area contributed by atoms with Crippen LogP contribution in [0.15, 0.2) is 18.2 Å². The summed E-state index contributed by atoms with van der Waals surface area (Å²) in [6, 6.07) is 5.05. The van der Waals surface area contributed by atoms with Crippen molar-refractivity contribution in [1.82, 2.24) is 4.90 Å². The van der Waals surface area contributed by atoms with E-state index < -0.39 is 38.6 Å². The van der Waals surface area contributed by atoms with Gasteiger partial charge in [0, 0.05) is 10.0 Å². The number of benzene rings is 1. The van der Waals surface area contributed by atoms with Gasteiger partial charge in [-0.3, -0.25) is 9.69 Å². The first-order chi connectivity index (χ1) is 13.4. The summed E-state index contributed by atoms with van der Waals surface area (Å²) in [5.41, 5.74) is -0.0838. The van der Waals surface area contributed by atoms with Crippen LogP contribution in [0.5, 0.6) is 0 Å². The summed E-state index contributed by atoms with van der Waals surface area (Å²) < 4.78 is 12.0. The van der Waals surface area contributed by atoms with Crippen LogP contribution in [0.3, 0.4) is 0 Å². The maximum atomic E-state index is 12.7. The molecule has 0 radical (unpaired) electrons. The standard InChI is InChI=1S/C21H33Cl2NO5Si/c1-20(2,3)28-19(27)24(13-18(25)26)12-17(29-30(7,8)21(4,5)6)14-9-15(22)11-16(23)10-14/h9-11,17H,12-13H2,1-8H3,(H,25,26). The van der Waals surface area contributed by atoms with E-state index in [9.17, 15) is 14.7 Å². The van der Waals surface area contributed by atoms with E-state index in [-0.39, 0.29) is 11.6 Å². The summed E-state index contributed by atoms with van der Waals surface area (Å²) in [4.78, 5) is 25.3. The number of carbonyl (C=O) groups is 2. The molecule has 0 bridgehead atoms. The number of hydrogen-bond donors (Lipinski definition) is 1. The number of nitrogens with zero attached hydrogens (tertiary/aromatic N) is 1. The first-order valence-corrected chi connectivity index (χ1v) is 13.4. The zero-order valence-corrected chi connectivity index (χ0v) is 21.5. The van der Waals surface area contributed by atoms with Crippen molar-refractivity contribution in [2.45, 2.75) is 71.4 Å². The van der Waals surface area contributed by atoms with Crippen LogP contribution in [-0.4, -0.2) is 49.1 Å². The number of aliphatic carboxylic acids is 1. The lowest BCUT2D eigenvalue weighted by Gasteiger charge is -2.40. The van der Waals surface area contributed by atoms with E-state index in [1.165, 1.54) is 0 Å². The summed E-state index contributed by atoms with van der Waals surface area (Å²) in [6.07, 6.45) is -1.34. The number of ether oxygens (including phenoxy) is 1. The predicted molar refractivity (Wildman–Crippen MR) is 123 cm³/mol. The van der Waals surface area contributed by atoms with Crippen molar-refractivity contribution in [2.75, 3.05) is 13.1 Å². The molecule has 0 aliphatic rings. The molecular weight excluding hydrogens is 445 g/mol. The fraction of sp³-hybridized carbons (Fsp3) is 0.619. The van der Waals surface area contributed by atoms with E-state index in [2.05, 4.69) is 33.9 Å². The molecule has 30 heavy (non-hydrogen) atoms. The molecule has 6 nitrogen and oxygen atoms in total. The SMILES string of the molecule is CC(C)(C)OC(=O)N(CC(=O)O)CC(O[Si](C)(C)C(C)(C)C)c1cc(Cl)cc(Cl)c1. The van der Waals surface area contributed by atoms with Crippen LogP contribution in [0, 0.1) is 0 Å². The molecular formula is C21H33Cl2NO5Si. The lowest BCUT2D eigenvalue weighted by atomic mass is 10.1. The largest absolute Gasteiger partial charge is 0.480 e. The average Bonchev–Trinajstić information content (AvgIpc) is 2.49. The Morgan fingerprint density at radius 1 is 1.07 bits per heavy atom. The van der Waals surface area contributed by atoms with Gasteiger partial charge in [-0.25, -0.2) is 4.79 Å². The summed E-state index contributed by atoms with van der Waals surface area (Å²) in [5, 5.41) is 10.1. The molecule has 0 saturated carbocycles. The van der Waals surface area contributed by atoms with Gasteiger partial charge in [0.1, 0.15) is 12.1 Å². The van der Waals surface area contributed by atoms with Gasteiger partial charge in [-0.15, -0.1) is 0 Å². The van der Waals surface area contributed by atoms with E-state index in [0.29, 0.717) is 15.6 Å². The highest BCUT2D eigenvalue weighted by atomic mass is 35.5. The van der Waals surface area contributed by atoms with Crippen molar-refractivity contribution in [1.29, 1.82) is 0 Å². The molecule has 0 fully saturated rings. The van der Waals surface area contributed by atoms with Gasteiger partial charge in [-0.1, -0.05) is 44.0 Å². The van der Waals surface area contributed by atoms with Crippen LogP contribution in [0.4, 0.5) is 4.79 Å². The molecule has 1 N–H and O–H groups in total. The Kier molecular flexibility index (Phi) is 8.82. The predicted octanol–water partition coefficient (Wildman–Crippen LogP) is 6.38. The molecule has 1 aromatic carbocycles. The monoisotopic (exact) mass is 477 g/mol. The molecule has 9 heteroatoms. The van der Waals surface area contributed by atoms with Gasteiger partial charge in [0.2, 0.25) is 0 Å². The number of rotatable bonds is 7. The second-order valence-electron chi connectivity index (χ2n) is 9.82. The highest BCUT2D eigenvalue weighted by molar-refractivity contribution is 6.74. The van der Waals surface area contributed by atoms with Crippen molar-refractivity contribution < 1.29 is 23.9 Å². The molecule has 0 aliphatic heterocycles. The minimum atomic E-state index is -2.29. The highest BCUT2D eigenvalue weighted by Gasteiger charge is 2.40. The second kappa shape index (κ2) is 9.89. The lowest BCUT2D eigenvalue weighted by molar-refractivity contribution is -0.138. The van der Waals surface area contributed by atoms with Crippen molar-refractivity contribution in [3.8, 4) is 0 Å². The molecule has 0 spiro atoms. The Hall–Kier alpha value is -1.28. The summed E-state index contributed by atoms with van der Waals surface area (Å²) in [7, 11) is -2.29. The van der Waals surface area contributed by atoms with Gasteiger partial charge in [-0.2, -0.15) is 0 Å². The number of carbonyl (C=O) groups excluding carboxylic acids is 1. The van der Waals surface area contributed by atoms with Crippen LogP contribution in [-0.2, 0) is 14.0 Å². The highest BCUT2D eigenvalue weighted by Crippen LogP contribution is 2.40. The molecule has 1 rings (SSSR count). The average molecular weight is 478 g/mol. The van der Waals surface area contributed by atoms with Crippen molar-refractivity contribution in [3.05, 3.63) is 33.8 Å². The Morgan fingerprint density at radius 2 is 1.57 bits per heavy atom. The minimum absolute atomic E-state index is 0.00953. The second-order valence-corrected chi connectivity index (χ2v) is 15.5. The normalized spacial score (nSPS) is 13.7. The third kappa shape index (κ3) is 8.45. The number of hydrogen-bond acceptors (Lipinski definition) is 4. The van der Waals surface area contributed by atoms with Crippen LogP contribution >= 0.6 is 23.2 Å². The van der Waals surface area contributed by atoms with Gasteiger partial charge >= 0.3 is 12.1 Å². The molecule has 1 unspecified atom stereocenters. The third-order valence-corrected chi connectivity index (χ3v) is 9.79. The number of carboxylic acid groups (broad SMARTS) is 1. The quantitative estimate of drug-likeness (QED) is 0.461.